The Morgan fingerprint density at radius 1 is 0.678 bits per heavy atom. The van der Waals surface area contributed by atoms with Crippen LogP contribution in [-0.2, 0) is 13.2 Å². The molecular weight excluding hydrogens is 745 g/mol. The first-order chi connectivity index (χ1) is 28.9. The molecule has 0 saturated carbocycles. The molecule has 7 aromatic carbocycles. The quantitative estimate of drug-likeness (QED) is 0.124. The van der Waals surface area contributed by atoms with Crippen molar-refractivity contribution in [2.45, 2.75) is 20.1 Å². The van der Waals surface area contributed by atoms with E-state index in [0.29, 0.717) is 23.9 Å². The summed E-state index contributed by atoms with van der Waals surface area (Å²) in [6.45, 7) is 10.5. The van der Waals surface area contributed by atoms with Gasteiger partial charge in [0.05, 0.1) is 33.9 Å². The summed E-state index contributed by atoms with van der Waals surface area (Å²) in [5.41, 5.74) is 15.6. The van der Waals surface area contributed by atoms with Gasteiger partial charge in [-0.3, -0.25) is 10.4 Å². The monoisotopic (exact) mass is 786 g/mol. The van der Waals surface area contributed by atoms with Gasteiger partial charge in [0.15, 0.2) is 5.84 Å². The normalized spacial score (nSPS) is 11.3. The molecular formula is C51H42N6OS. The van der Waals surface area contributed by atoms with Gasteiger partial charge in [-0.2, -0.15) is 0 Å². The van der Waals surface area contributed by atoms with Gasteiger partial charge < -0.3 is 14.7 Å². The highest BCUT2D eigenvalue weighted by molar-refractivity contribution is 7.21. The Kier molecular flexibility index (Phi) is 11.3. The van der Waals surface area contributed by atoms with E-state index < -0.39 is 0 Å². The van der Waals surface area contributed by atoms with E-state index in [9.17, 15) is 0 Å². The number of furan rings is 1. The topological polar surface area (TPSA) is 105 Å². The van der Waals surface area contributed by atoms with Gasteiger partial charge in [0.2, 0.25) is 0 Å². The van der Waals surface area contributed by atoms with Crippen molar-refractivity contribution in [3.8, 4) is 0 Å². The average molecular weight is 787 g/mol. The Labute approximate surface area is 346 Å². The van der Waals surface area contributed by atoms with Gasteiger partial charge >= 0.3 is 0 Å². The highest BCUT2D eigenvalue weighted by Crippen LogP contribution is 2.35. The van der Waals surface area contributed by atoms with Crippen LogP contribution in [0.4, 0.5) is 5.69 Å². The number of amidine groups is 1. The van der Waals surface area contributed by atoms with E-state index >= 15 is 0 Å². The van der Waals surface area contributed by atoms with Gasteiger partial charge in [-0.05, 0) is 62.3 Å². The van der Waals surface area contributed by atoms with Gasteiger partial charge in [-0.15, -0.1) is 11.3 Å². The van der Waals surface area contributed by atoms with Crippen LogP contribution in [-0.4, -0.2) is 29.5 Å². The van der Waals surface area contributed by atoms with Crippen LogP contribution < -0.4 is 5.73 Å². The van der Waals surface area contributed by atoms with Crippen LogP contribution in [0.1, 0.15) is 27.1 Å². The molecule has 3 aromatic heterocycles. The largest absolute Gasteiger partial charge is 0.456 e. The fourth-order valence-electron chi connectivity index (χ4n) is 7.34. The van der Waals surface area contributed by atoms with Crippen LogP contribution in [0.3, 0.4) is 0 Å². The molecule has 10 rings (SSSR count). The molecule has 288 valence electrons. The minimum Gasteiger partial charge on any atom is -0.456 e. The molecule has 3 heterocycles. The predicted molar refractivity (Wildman–Crippen MR) is 252 cm³/mol. The van der Waals surface area contributed by atoms with Crippen LogP contribution in [0.5, 0.6) is 0 Å². The number of rotatable bonds is 7. The molecule has 0 amide bonds. The number of para-hydroxylation sites is 2. The minimum atomic E-state index is 0.452. The average Bonchev–Trinajstić information content (AvgIpc) is 3.94. The summed E-state index contributed by atoms with van der Waals surface area (Å²) in [6.07, 6.45) is 0. The molecule has 0 aliphatic carbocycles. The van der Waals surface area contributed by atoms with Crippen molar-refractivity contribution in [1.29, 1.82) is 5.41 Å². The lowest BCUT2D eigenvalue weighted by molar-refractivity contribution is 0.669. The molecule has 0 radical (unpaired) electrons. The molecule has 10 aromatic rings. The molecule has 0 spiro atoms. The standard InChI is InChI=1S/C28H21N3O.C15H12N2S.C8H9N/c1-18-14-15-25-22(16-18)27-21(10-7-13-26(27)32-25)28(29-2)30-17-31-23-11-5-3-8-19(23)20-9-4-6-12-24(20)31;16-13(10-6-2-1-3-7-10)15-14(17)11-8-4-5-9-12(11)18-15;1-9-7-8-5-3-2-4-6-8/h3-16H,2,17H2,1H3;1-9,16H,17H2;2-6H,1,7H2/b30-28-;;. The van der Waals surface area contributed by atoms with E-state index in [-0.39, 0.29) is 0 Å². The maximum atomic E-state index is 8.27. The number of nitrogens with two attached hydrogens (primary N) is 1. The Hall–Kier alpha value is -7.42. The summed E-state index contributed by atoms with van der Waals surface area (Å²) < 4.78 is 9.45. The molecule has 0 bridgehead atoms. The second kappa shape index (κ2) is 17.4. The van der Waals surface area contributed by atoms with Crippen LogP contribution in [0, 0.1) is 12.3 Å². The second-order valence-electron chi connectivity index (χ2n) is 14.0. The number of anilines is 1. The zero-order chi connectivity index (χ0) is 40.7. The lowest BCUT2D eigenvalue weighted by atomic mass is 10.0. The summed E-state index contributed by atoms with van der Waals surface area (Å²) in [5.74, 6) is 0.613. The van der Waals surface area contributed by atoms with Crippen molar-refractivity contribution in [1.82, 2.24) is 4.57 Å². The molecule has 8 heteroatoms. The Balaban J connectivity index is 0.000000149. The molecule has 59 heavy (non-hydrogen) atoms. The first-order valence-corrected chi connectivity index (χ1v) is 20.0. The SMILES string of the molecule is C=N/C(=N\Cn1c2ccccc2c2ccccc21)c1cccc2oc3ccc(C)cc3c12.C=NCc1ccccc1.N=C(c1ccccc1)c1sc2ccccc2c1N. The third-order valence-electron chi connectivity index (χ3n) is 10.1. The molecule has 0 aliphatic rings. The number of benzene rings is 7. The number of aliphatic imine (C=N–C) groups is 3. The third-order valence-corrected chi connectivity index (χ3v) is 11.3. The Morgan fingerprint density at radius 3 is 1.97 bits per heavy atom. The van der Waals surface area contributed by atoms with Crippen molar-refractivity contribution < 1.29 is 4.42 Å². The number of nitrogens with one attached hydrogen (secondary N) is 1. The Bertz CT molecular complexity index is 3090. The highest BCUT2D eigenvalue weighted by Gasteiger charge is 2.16. The van der Waals surface area contributed by atoms with Gasteiger partial charge in [0, 0.05) is 42.8 Å². The fourth-order valence-corrected chi connectivity index (χ4v) is 8.43. The van der Waals surface area contributed by atoms with Gasteiger partial charge in [0.1, 0.15) is 17.8 Å². The summed E-state index contributed by atoms with van der Waals surface area (Å²) in [7, 11) is 0. The zero-order valence-electron chi connectivity index (χ0n) is 32.7. The number of nitrogen functional groups attached to an aromatic ring is 1. The maximum Gasteiger partial charge on any atom is 0.156 e. The van der Waals surface area contributed by atoms with E-state index in [4.69, 9.17) is 20.6 Å². The molecule has 0 atom stereocenters. The third kappa shape index (κ3) is 7.94. The first-order valence-electron chi connectivity index (χ1n) is 19.2. The number of fused-ring (bicyclic) bond motifs is 7. The molecule has 0 aliphatic heterocycles. The second-order valence-corrected chi connectivity index (χ2v) is 15.0. The number of thiophene rings is 1. The lowest BCUT2D eigenvalue weighted by Crippen LogP contribution is -2.02. The first kappa shape index (κ1) is 38.5. The molecule has 0 unspecified atom stereocenters. The van der Waals surface area contributed by atoms with E-state index in [1.807, 2.05) is 109 Å². The molecule has 0 fully saturated rings. The summed E-state index contributed by atoms with van der Waals surface area (Å²) in [5, 5.41) is 13.9. The van der Waals surface area contributed by atoms with Crippen molar-refractivity contribution in [2.75, 3.05) is 5.73 Å². The highest BCUT2D eigenvalue weighted by atomic mass is 32.1. The number of aryl methyl sites for hydroxylation is 1. The Morgan fingerprint density at radius 2 is 1.31 bits per heavy atom. The van der Waals surface area contributed by atoms with Crippen molar-refractivity contribution >= 4 is 95.8 Å². The van der Waals surface area contributed by atoms with Gasteiger partial charge in [-0.25, -0.2) is 9.98 Å². The summed E-state index contributed by atoms with van der Waals surface area (Å²) in [4.78, 5) is 13.9. The summed E-state index contributed by atoms with van der Waals surface area (Å²) in [6, 6.07) is 56.9. The molecule has 7 nitrogen and oxygen atoms in total. The fraction of sp³-hybridized carbons (Fsp3) is 0.0588. The lowest BCUT2D eigenvalue weighted by Gasteiger charge is -2.07. The van der Waals surface area contributed by atoms with Gasteiger partial charge in [0.25, 0.3) is 0 Å². The van der Waals surface area contributed by atoms with E-state index in [1.54, 1.807) is 11.3 Å². The number of hydrogen-bond acceptors (Lipinski definition) is 6. The van der Waals surface area contributed by atoms with E-state index in [0.717, 1.165) is 65.6 Å². The smallest absolute Gasteiger partial charge is 0.156 e. The number of aromatic nitrogens is 1. The van der Waals surface area contributed by atoms with Crippen LogP contribution in [0.25, 0.3) is 53.8 Å². The van der Waals surface area contributed by atoms with Crippen molar-refractivity contribution in [3.05, 3.63) is 197 Å². The van der Waals surface area contributed by atoms with Crippen molar-refractivity contribution in [3.63, 3.8) is 0 Å². The maximum absolute atomic E-state index is 8.27. The summed E-state index contributed by atoms with van der Waals surface area (Å²) >= 11 is 1.58. The minimum absolute atomic E-state index is 0.452. The molecule has 0 saturated heterocycles. The van der Waals surface area contributed by atoms with Crippen LogP contribution >= 0.6 is 11.3 Å². The van der Waals surface area contributed by atoms with E-state index in [1.165, 1.54) is 21.9 Å². The van der Waals surface area contributed by atoms with E-state index in [2.05, 4.69) is 95.6 Å². The zero-order valence-corrected chi connectivity index (χ0v) is 33.5. The van der Waals surface area contributed by atoms with Crippen LogP contribution in [0.2, 0.25) is 0 Å². The number of nitrogens with zero attached hydrogens (tertiary/aromatic N) is 4. The molecule has 3 N–H and O–H groups in total. The van der Waals surface area contributed by atoms with Gasteiger partial charge in [-0.1, -0.05) is 139 Å². The van der Waals surface area contributed by atoms with Crippen molar-refractivity contribution in [2.24, 2.45) is 15.0 Å². The predicted octanol–water partition coefficient (Wildman–Crippen LogP) is 12.9. The number of hydrogen-bond donors (Lipinski definition) is 2. The van der Waals surface area contributed by atoms with Crippen LogP contribution in [0.15, 0.2) is 189 Å².